The van der Waals surface area contributed by atoms with Crippen LogP contribution in [0.3, 0.4) is 0 Å². The lowest BCUT2D eigenvalue weighted by Gasteiger charge is -2.30. The third-order valence-corrected chi connectivity index (χ3v) is 4.33. The molecule has 7 heteroatoms. The van der Waals surface area contributed by atoms with Gasteiger partial charge in [-0.15, -0.1) is 0 Å². The molecule has 1 saturated heterocycles. The number of amides is 2. The zero-order valence-corrected chi connectivity index (χ0v) is 14.1. The molecule has 1 unspecified atom stereocenters. The summed E-state index contributed by atoms with van der Waals surface area (Å²) in [7, 11) is 0. The van der Waals surface area contributed by atoms with Crippen LogP contribution in [-0.4, -0.2) is 46.7 Å². The quantitative estimate of drug-likeness (QED) is 0.890. The molecule has 0 saturated carbocycles. The molecule has 2 amide bonds. The average molecular weight is 343 g/mol. The van der Waals surface area contributed by atoms with Gasteiger partial charge in [-0.25, -0.2) is 4.79 Å². The Bertz CT molecular complexity index is 793. The van der Waals surface area contributed by atoms with Gasteiger partial charge in [0.1, 0.15) is 5.75 Å². The lowest BCUT2D eigenvalue weighted by Crippen LogP contribution is -2.44. The highest BCUT2D eigenvalue weighted by Crippen LogP contribution is 2.30. The number of carboxylic acid groups (broad SMARTS) is 1. The van der Waals surface area contributed by atoms with Crippen molar-refractivity contribution in [3.05, 3.63) is 30.5 Å². The largest absolute Gasteiger partial charge is 0.493 e. The molecule has 1 aliphatic rings. The molecule has 0 radical (unpaired) electrons. The Hall–Kier alpha value is -2.83. The second-order valence-electron chi connectivity index (χ2n) is 6.00. The fourth-order valence-corrected chi connectivity index (χ4v) is 3.09. The van der Waals surface area contributed by atoms with Gasteiger partial charge in [-0.1, -0.05) is 0 Å². The van der Waals surface area contributed by atoms with Crippen LogP contribution in [0.25, 0.3) is 10.9 Å². The van der Waals surface area contributed by atoms with Crippen molar-refractivity contribution in [1.82, 2.24) is 9.88 Å². The number of urea groups is 1. The first-order valence-electron chi connectivity index (χ1n) is 8.39. The van der Waals surface area contributed by atoms with Crippen LogP contribution in [0.4, 0.5) is 10.5 Å². The van der Waals surface area contributed by atoms with Crippen LogP contribution in [0, 0.1) is 5.92 Å². The topological polar surface area (TPSA) is 91.8 Å². The molecule has 1 aromatic carbocycles. The molecule has 2 aromatic rings. The number of benzene rings is 1. The van der Waals surface area contributed by atoms with E-state index in [-0.39, 0.29) is 12.6 Å². The van der Waals surface area contributed by atoms with Crippen molar-refractivity contribution in [2.45, 2.75) is 19.8 Å². The van der Waals surface area contributed by atoms with Gasteiger partial charge >= 0.3 is 12.0 Å². The van der Waals surface area contributed by atoms with E-state index in [0.29, 0.717) is 42.9 Å². The number of hydrogen-bond acceptors (Lipinski definition) is 4. The van der Waals surface area contributed by atoms with E-state index in [0.717, 1.165) is 5.39 Å². The number of nitrogens with zero attached hydrogens (tertiary/aromatic N) is 2. The van der Waals surface area contributed by atoms with Gasteiger partial charge in [0.2, 0.25) is 0 Å². The summed E-state index contributed by atoms with van der Waals surface area (Å²) in [5, 5.41) is 12.9. The highest BCUT2D eigenvalue weighted by Gasteiger charge is 2.28. The monoisotopic (exact) mass is 343 g/mol. The Balaban J connectivity index is 1.82. The molecule has 0 spiro atoms. The first-order chi connectivity index (χ1) is 12.1. The van der Waals surface area contributed by atoms with Crippen LogP contribution in [-0.2, 0) is 4.79 Å². The molecule has 1 fully saturated rings. The second kappa shape index (κ2) is 7.38. The maximum Gasteiger partial charge on any atom is 0.321 e. The fourth-order valence-electron chi connectivity index (χ4n) is 3.09. The normalized spacial score (nSPS) is 17.3. The molecule has 2 heterocycles. The van der Waals surface area contributed by atoms with Crippen molar-refractivity contribution in [2.24, 2.45) is 5.92 Å². The number of fused-ring (bicyclic) bond motifs is 1. The Labute approximate surface area is 145 Å². The molecular weight excluding hydrogens is 322 g/mol. The van der Waals surface area contributed by atoms with Gasteiger partial charge in [-0.3, -0.25) is 9.78 Å². The Morgan fingerprint density at radius 1 is 1.40 bits per heavy atom. The number of carbonyl (C=O) groups is 2. The van der Waals surface area contributed by atoms with E-state index in [1.165, 1.54) is 0 Å². The van der Waals surface area contributed by atoms with Crippen molar-refractivity contribution in [2.75, 3.05) is 25.0 Å². The molecule has 132 valence electrons. The number of aromatic nitrogens is 1. The van der Waals surface area contributed by atoms with Crippen LogP contribution < -0.4 is 10.1 Å². The van der Waals surface area contributed by atoms with Gasteiger partial charge in [-0.2, -0.15) is 0 Å². The lowest BCUT2D eigenvalue weighted by atomic mass is 9.99. The Morgan fingerprint density at radius 2 is 2.24 bits per heavy atom. The number of hydrogen-bond donors (Lipinski definition) is 2. The molecule has 1 aromatic heterocycles. The summed E-state index contributed by atoms with van der Waals surface area (Å²) in [6, 6.07) is 6.97. The van der Waals surface area contributed by atoms with Gasteiger partial charge in [-0.05, 0) is 44.0 Å². The predicted octanol–water partition coefficient (Wildman–Crippen LogP) is 2.96. The van der Waals surface area contributed by atoms with Crippen LogP contribution >= 0.6 is 0 Å². The molecular formula is C18H21N3O4. The third kappa shape index (κ3) is 3.65. The molecule has 2 N–H and O–H groups in total. The molecule has 3 rings (SSSR count). The van der Waals surface area contributed by atoms with Crippen molar-refractivity contribution < 1.29 is 19.4 Å². The fraction of sp³-hybridized carbons (Fsp3) is 0.389. The van der Waals surface area contributed by atoms with Crippen molar-refractivity contribution in [3.8, 4) is 5.75 Å². The van der Waals surface area contributed by atoms with Gasteiger partial charge in [0.05, 0.1) is 23.7 Å². The van der Waals surface area contributed by atoms with E-state index < -0.39 is 11.9 Å². The minimum absolute atomic E-state index is 0.226. The van der Waals surface area contributed by atoms with E-state index in [2.05, 4.69) is 10.3 Å². The molecule has 25 heavy (non-hydrogen) atoms. The number of pyridine rings is 1. The number of nitrogens with one attached hydrogen (secondary N) is 1. The number of piperidine rings is 1. The van der Waals surface area contributed by atoms with E-state index >= 15 is 0 Å². The number of likely N-dealkylation sites (tertiary alicyclic amines) is 1. The minimum atomic E-state index is -0.856. The first kappa shape index (κ1) is 17.0. The van der Waals surface area contributed by atoms with Crippen LogP contribution in [0.2, 0.25) is 0 Å². The lowest BCUT2D eigenvalue weighted by molar-refractivity contribution is -0.143. The minimum Gasteiger partial charge on any atom is -0.493 e. The predicted molar refractivity (Wildman–Crippen MR) is 93.9 cm³/mol. The highest BCUT2D eigenvalue weighted by atomic mass is 16.5. The molecule has 1 atom stereocenters. The average Bonchev–Trinajstić information content (AvgIpc) is 2.64. The summed E-state index contributed by atoms with van der Waals surface area (Å²) in [4.78, 5) is 29.6. The van der Waals surface area contributed by atoms with Gasteiger partial charge in [0, 0.05) is 24.7 Å². The number of carbonyl (C=O) groups excluding carboxylic acids is 1. The summed E-state index contributed by atoms with van der Waals surface area (Å²) >= 11 is 0. The molecule has 1 aliphatic heterocycles. The van der Waals surface area contributed by atoms with Crippen LogP contribution in [0.1, 0.15) is 19.8 Å². The van der Waals surface area contributed by atoms with Gasteiger partial charge in [0.15, 0.2) is 0 Å². The number of rotatable bonds is 4. The van der Waals surface area contributed by atoms with Crippen molar-refractivity contribution >= 4 is 28.6 Å². The number of anilines is 1. The highest BCUT2D eigenvalue weighted by molar-refractivity contribution is 6.01. The standard InChI is InChI=1S/C18H21N3O4/c1-2-25-15-8-7-14(16-13(15)6-3-9-19-16)20-18(24)21-10-4-5-12(11-21)17(22)23/h3,6-9,12H,2,4-5,10-11H2,1H3,(H,20,24)(H,22,23). The second-order valence-corrected chi connectivity index (χ2v) is 6.00. The zero-order valence-electron chi connectivity index (χ0n) is 14.1. The Morgan fingerprint density at radius 3 is 3.00 bits per heavy atom. The first-order valence-corrected chi connectivity index (χ1v) is 8.39. The molecule has 0 bridgehead atoms. The van der Waals surface area contributed by atoms with Gasteiger partial charge < -0.3 is 20.1 Å². The summed E-state index contributed by atoms with van der Waals surface area (Å²) in [5.74, 6) is -0.645. The molecule has 0 aliphatic carbocycles. The maximum atomic E-state index is 12.6. The van der Waals surface area contributed by atoms with Crippen molar-refractivity contribution in [1.29, 1.82) is 0 Å². The van der Waals surface area contributed by atoms with E-state index in [4.69, 9.17) is 9.84 Å². The number of aliphatic carboxylic acids is 1. The summed E-state index contributed by atoms with van der Waals surface area (Å²) in [6.45, 7) is 3.23. The van der Waals surface area contributed by atoms with Crippen molar-refractivity contribution in [3.63, 3.8) is 0 Å². The smallest absolute Gasteiger partial charge is 0.321 e. The molecule has 7 nitrogen and oxygen atoms in total. The maximum absolute atomic E-state index is 12.6. The van der Waals surface area contributed by atoms with Crippen LogP contribution in [0.5, 0.6) is 5.75 Å². The van der Waals surface area contributed by atoms with Gasteiger partial charge in [0.25, 0.3) is 0 Å². The zero-order chi connectivity index (χ0) is 17.8. The van der Waals surface area contributed by atoms with Crippen LogP contribution in [0.15, 0.2) is 30.5 Å². The van der Waals surface area contributed by atoms with E-state index in [1.54, 1.807) is 23.2 Å². The third-order valence-electron chi connectivity index (χ3n) is 4.33. The Kier molecular flexibility index (Phi) is 5.02. The van der Waals surface area contributed by atoms with E-state index in [9.17, 15) is 9.59 Å². The summed E-state index contributed by atoms with van der Waals surface area (Å²) < 4.78 is 5.61. The SMILES string of the molecule is CCOc1ccc(NC(=O)N2CCCC(C(=O)O)C2)c2ncccc12. The van der Waals surface area contributed by atoms with E-state index in [1.807, 2.05) is 19.1 Å². The number of carboxylic acids is 1. The number of ether oxygens (including phenoxy) is 1. The summed E-state index contributed by atoms with van der Waals surface area (Å²) in [6.07, 6.45) is 2.95. The summed E-state index contributed by atoms with van der Waals surface area (Å²) in [5.41, 5.74) is 1.23.